The zero-order chi connectivity index (χ0) is 13.3. The van der Waals surface area contributed by atoms with Crippen LogP contribution in [-0.4, -0.2) is 9.97 Å². The number of aryl methyl sites for hydroxylation is 1. The molecule has 0 spiro atoms. The molecule has 1 unspecified atom stereocenters. The Hall–Kier alpha value is -1.70. The lowest BCUT2D eigenvalue weighted by Gasteiger charge is -2.16. The molecule has 0 aromatic carbocycles. The summed E-state index contributed by atoms with van der Waals surface area (Å²) < 4.78 is 0. The summed E-state index contributed by atoms with van der Waals surface area (Å²) in [5.41, 5.74) is 2.72. The summed E-state index contributed by atoms with van der Waals surface area (Å²) >= 11 is 0. The normalized spacial score (nSPS) is 12.3. The minimum absolute atomic E-state index is 0.648. The van der Waals surface area contributed by atoms with E-state index in [0.29, 0.717) is 5.92 Å². The van der Waals surface area contributed by atoms with Crippen LogP contribution in [0.5, 0.6) is 0 Å². The average Bonchev–Trinajstić information content (AvgIpc) is 2.48. The van der Waals surface area contributed by atoms with Crippen LogP contribution in [-0.2, 0) is 6.42 Å². The molecular weight excluding hydrogens is 232 g/mol. The fourth-order valence-corrected chi connectivity index (χ4v) is 2.54. The van der Waals surface area contributed by atoms with Crippen molar-refractivity contribution in [1.29, 1.82) is 0 Å². The fraction of sp³-hybridized carbons (Fsp3) is 0.412. The first-order chi connectivity index (χ1) is 9.40. The van der Waals surface area contributed by atoms with Crippen molar-refractivity contribution in [2.75, 3.05) is 0 Å². The van der Waals surface area contributed by atoms with E-state index in [9.17, 15) is 0 Å². The van der Waals surface area contributed by atoms with Gasteiger partial charge in [0, 0.05) is 24.8 Å². The minimum atomic E-state index is 0.648. The van der Waals surface area contributed by atoms with Crippen molar-refractivity contribution < 1.29 is 0 Å². The molecular formula is C17H22N2. The number of hydrogen-bond acceptors (Lipinski definition) is 2. The molecule has 2 aromatic rings. The van der Waals surface area contributed by atoms with Crippen LogP contribution in [0.4, 0.5) is 0 Å². The fourth-order valence-electron chi connectivity index (χ4n) is 2.54. The molecule has 2 heteroatoms. The Balaban J connectivity index is 1.87. The van der Waals surface area contributed by atoms with Gasteiger partial charge in [0.05, 0.1) is 0 Å². The molecule has 0 amide bonds. The van der Waals surface area contributed by atoms with Gasteiger partial charge in [0.2, 0.25) is 0 Å². The van der Waals surface area contributed by atoms with Gasteiger partial charge in [-0.25, -0.2) is 0 Å². The molecule has 0 radical (unpaired) electrons. The second kappa shape index (κ2) is 7.67. The molecule has 0 saturated heterocycles. The van der Waals surface area contributed by atoms with E-state index in [0.717, 1.165) is 6.42 Å². The third kappa shape index (κ3) is 4.47. The monoisotopic (exact) mass is 254 g/mol. The maximum atomic E-state index is 4.24. The summed E-state index contributed by atoms with van der Waals surface area (Å²) in [6, 6.07) is 8.42. The van der Waals surface area contributed by atoms with Crippen LogP contribution in [0.25, 0.3) is 0 Å². The molecule has 0 N–H and O–H groups in total. The van der Waals surface area contributed by atoms with E-state index in [-0.39, 0.29) is 0 Å². The van der Waals surface area contributed by atoms with Gasteiger partial charge < -0.3 is 0 Å². The lowest BCUT2D eigenvalue weighted by Crippen LogP contribution is -2.00. The van der Waals surface area contributed by atoms with Gasteiger partial charge in [0.1, 0.15) is 0 Å². The number of hydrogen-bond donors (Lipinski definition) is 0. The van der Waals surface area contributed by atoms with Gasteiger partial charge in [-0.05, 0) is 54.9 Å². The minimum Gasteiger partial charge on any atom is -0.264 e. The summed E-state index contributed by atoms with van der Waals surface area (Å²) in [7, 11) is 0. The van der Waals surface area contributed by atoms with Crippen molar-refractivity contribution in [2.45, 2.75) is 44.9 Å². The van der Waals surface area contributed by atoms with Crippen LogP contribution >= 0.6 is 0 Å². The molecule has 0 aliphatic rings. The van der Waals surface area contributed by atoms with Crippen molar-refractivity contribution in [2.24, 2.45) is 0 Å². The summed E-state index contributed by atoms with van der Waals surface area (Å²) in [5, 5.41) is 0. The highest BCUT2D eigenvalue weighted by Crippen LogP contribution is 2.26. The SMILES string of the molecule is CCCC(CCCc1cccnc1)c1cccnc1. The van der Waals surface area contributed by atoms with Crippen molar-refractivity contribution in [3.63, 3.8) is 0 Å². The standard InChI is InChI=1S/C17H22N2/c1-2-6-16(17-10-5-12-19-14-17)9-3-7-15-8-4-11-18-13-15/h4-5,8,10-14,16H,2-3,6-7,9H2,1H3. The van der Waals surface area contributed by atoms with Crippen molar-refractivity contribution in [1.82, 2.24) is 9.97 Å². The van der Waals surface area contributed by atoms with E-state index in [1.165, 1.54) is 36.8 Å². The summed E-state index contributed by atoms with van der Waals surface area (Å²) in [6.07, 6.45) is 13.7. The molecule has 0 aliphatic carbocycles. The topological polar surface area (TPSA) is 25.8 Å². The molecule has 2 nitrogen and oxygen atoms in total. The molecule has 2 aromatic heterocycles. The predicted molar refractivity (Wildman–Crippen MR) is 79.1 cm³/mol. The van der Waals surface area contributed by atoms with E-state index in [1.807, 2.05) is 36.9 Å². The highest BCUT2D eigenvalue weighted by molar-refractivity contribution is 5.15. The van der Waals surface area contributed by atoms with Gasteiger partial charge in [-0.15, -0.1) is 0 Å². The molecule has 0 fully saturated rings. The van der Waals surface area contributed by atoms with Crippen LogP contribution < -0.4 is 0 Å². The lowest BCUT2D eigenvalue weighted by atomic mass is 9.90. The van der Waals surface area contributed by atoms with Crippen molar-refractivity contribution >= 4 is 0 Å². The lowest BCUT2D eigenvalue weighted by molar-refractivity contribution is 0.544. The van der Waals surface area contributed by atoms with Crippen molar-refractivity contribution in [3.05, 3.63) is 60.2 Å². The van der Waals surface area contributed by atoms with Crippen LogP contribution in [0.1, 0.15) is 49.7 Å². The van der Waals surface area contributed by atoms with Gasteiger partial charge in [-0.1, -0.05) is 25.5 Å². The van der Waals surface area contributed by atoms with Crippen LogP contribution in [0.2, 0.25) is 0 Å². The number of rotatable bonds is 7. The van der Waals surface area contributed by atoms with E-state index in [1.54, 1.807) is 0 Å². The smallest absolute Gasteiger partial charge is 0.0302 e. The number of pyridine rings is 2. The Labute approximate surface area is 115 Å². The third-order valence-corrected chi connectivity index (χ3v) is 3.53. The second-order valence-electron chi connectivity index (χ2n) is 5.03. The molecule has 0 saturated carbocycles. The van der Waals surface area contributed by atoms with Crippen molar-refractivity contribution in [3.8, 4) is 0 Å². The molecule has 19 heavy (non-hydrogen) atoms. The molecule has 0 bridgehead atoms. The van der Waals surface area contributed by atoms with Gasteiger partial charge in [0.15, 0.2) is 0 Å². The first-order valence-electron chi connectivity index (χ1n) is 7.19. The van der Waals surface area contributed by atoms with Gasteiger partial charge in [-0.2, -0.15) is 0 Å². The third-order valence-electron chi connectivity index (χ3n) is 3.53. The van der Waals surface area contributed by atoms with E-state index >= 15 is 0 Å². The summed E-state index contributed by atoms with van der Waals surface area (Å²) in [6.45, 7) is 2.25. The first-order valence-corrected chi connectivity index (χ1v) is 7.19. The molecule has 0 aliphatic heterocycles. The van der Waals surface area contributed by atoms with E-state index < -0.39 is 0 Å². The Morgan fingerprint density at radius 3 is 2.42 bits per heavy atom. The number of nitrogens with zero attached hydrogens (tertiary/aromatic N) is 2. The molecule has 1 atom stereocenters. The van der Waals surface area contributed by atoms with Crippen LogP contribution in [0, 0.1) is 0 Å². The zero-order valence-corrected chi connectivity index (χ0v) is 11.6. The highest BCUT2D eigenvalue weighted by atomic mass is 14.6. The average molecular weight is 254 g/mol. The van der Waals surface area contributed by atoms with Crippen LogP contribution in [0.3, 0.4) is 0 Å². The highest BCUT2D eigenvalue weighted by Gasteiger charge is 2.10. The molecule has 2 heterocycles. The Bertz CT molecular complexity index is 453. The largest absolute Gasteiger partial charge is 0.264 e. The molecule has 100 valence electrons. The number of aromatic nitrogens is 2. The van der Waals surface area contributed by atoms with Gasteiger partial charge >= 0.3 is 0 Å². The summed E-state index contributed by atoms with van der Waals surface area (Å²) in [5.74, 6) is 0.648. The maximum Gasteiger partial charge on any atom is 0.0302 e. The van der Waals surface area contributed by atoms with E-state index in [4.69, 9.17) is 0 Å². The Kier molecular flexibility index (Phi) is 5.54. The predicted octanol–water partition coefficient (Wildman–Crippen LogP) is 4.38. The van der Waals surface area contributed by atoms with Gasteiger partial charge in [-0.3, -0.25) is 9.97 Å². The molecule has 2 rings (SSSR count). The summed E-state index contributed by atoms with van der Waals surface area (Å²) in [4.78, 5) is 8.41. The zero-order valence-electron chi connectivity index (χ0n) is 11.6. The Morgan fingerprint density at radius 1 is 1.00 bits per heavy atom. The second-order valence-corrected chi connectivity index (χ2v) is 5.03. The first kappa shape index (κ1) is 13.7. The quantitative estimate of drug-likeness (QED) is 0.732. The van der Waals surface area contributed by atoms with Gasteiger partial charge in [0.25, 0.3) is 0 Å². The Morgan fingerprint density at radius 2 is 1.79 bits per heavy atom. The van der Waals surface area contributed by atoms with E-state index in [2.05, 4.69) is 29.0 Å². The van der Waals surface area contributed by atoms with Crippen LogP contribution in [0.15, 0.2) is 49.1 Å². The maximum absolute atomic E-state index is 4.24.